The molecule has 0 radical (unpaired) electrons. The minimum absolute atomic E-state index is 0.0947. The van der Waals surface area contributed by atoms with Gasteiger partial charge < -0.3 is 13.7 Å². The minimum atomic E-state index is -5.93. The molecule has 2 aromatic rings. The number of nitro groups is 1. The molecule has 12 heteroatoms. The molecule has 0 unspecified atom stereocenters. The number of ether oxygens (including phenoxy) is 2. The maximum Gasteiger partial charge on any atom is 0.534 e. The molecule has 2 aromatic carbocycles. The summed E-state index contributed by atoms with van der Waals surface area (Å²) in [6.07, 6.45) is 0. The molecule has 3 rings (SSSR count). The van der Waals surface area contributed by atoms with E-state index in [4.69, 9.17) is 9.47 Å². The Bertz CT molecular complexity index is 955. The summed E-state index contributed by atoms with van der Waals surface area (Å²) in [7, 11) is -5.93. The second kappa shape index (κ2) is 5.12. The highest BCUT2D eigenvalue weighted by Gasteiger charge is 2.48. The highest BCUT2D eigenvalue weighted by atomic mass is 32.2. The quantitative estimate of drug-likeness (QED) is 0.356. The van der Waals surface area contributed by atoms with E-state index in [0.29, 0.717) is 0 Å². The first-order valence-electron chi connectivity index (χ1n) is 6.11. The van der Waals surface area contributed by atoms with E-state index in [2.05, 4.69) is 4.18 Å². The van der Waals surface area contributed by atoms with Crippen LogP contribution >= 0.6 is 0 Å². The third-order valence-corrected chi connectivity index (χ3v) is 4.09. The van der Waals surface area contributed by atoms with Gasteiger partial charge in [-0.05, 0) is 18.2 Å². The molecule has 1 aliphatic heterocycles. The number of rotatable bonds is 3. The minimum Gasteiger partial charge on any atom is -0.454 e. The molecule has 0 atom stereocenters. The monoisotopic (exact) mass is 365 g/mol. The van der Waals surface area contributed by atoms with Crippen LogP contribution in [0.4, 0.5) is 18.9 Å². The average molecular weight is 365 g/mol. The second-order valence-electron chi connectivity index (χ2n) is 4.57. The summed E-state index contributed by atoms with van der Waals surface area (Å²) in [6.45, 7) is -0.184. The summed E-state index contributed by atoms with van der Waals surface area (Å²) < 4.78 is 74.0. The molecule has 1 heterocycles. The van der Waals surface area contributed by atoms with Gasteiger partial charge in [0.1, 0.15) is 0 Å². The Kier molecular flexibility index (Phi) is 3.44. The van der Waals surface area contributed by atoms with Crippen LogP contribution in [0.1, 0.15) is 0 Å². The summed E-state index contributed by atoms with van der Waals surface area (Å²) >= 11 is 0. The summed E-state index contributed by atoms with van der Waals surface area (Å²) in [4.78, 5) is 10.3. The van der Waals surface area contributed by atoms with Gasteiger partial charge in [0.25, 0.3) is 5.69 Å². The first kappa shape index (κ1) is 16.1. The van der Waals surface area contributed by atoms with E-state index in [1.807, 2.05) is 0 Å². The zero-order valence-corrected chi connectivity index (χ0v) is 12.2. The number of benzene rings is 2. The average Bonchev–Trinajstić information content (AvgIpc) is 2.91. The van der Waals surface area contributed by atoms with Gasteiger partial charge in [0, 0.05) is 11.5 Å². The van der Waals surface area contributed by atoms with E-state index in [-0.39, 0.29) is 29.1 Å². The van der Waals surface area contributed by atoms with Crippen LogP contribution in [0.5, 0.6) is 17.2 Å². The molecule has 0 aliphatic carbocycles. The van der Waals surface area contributed by atoms with E-state index in [1.165, 1.54) is 6.07 Å². The topological polar surface area (TPSA) is 105 Å². The molecule has 1 aliphatic rings. The molecule has 0 saturated carbocycles. The lowest BCUT2D eigenvalue weighted by Gasteiger charge is -2.12. The Hall–Kier alpha value is -2.76. The number of hydrogen-bond acceptors (Lipinski definition) is 7. The highest BCUT2D eigenvalue weighted by molar-refractivity contribution is 7.88. The van der Waals surface area contributed by atoms with Crippen LogP contribution in [0, 0.1) is 10.1 Å². The maximum atomic E-state index is 12.5. The zero-order valence-electron chi connectivity index (χ0n) is 11.4. The van der Waals surface area contributed by atoms with Crippen molar-refractivity contribution in [2.75, 3.05) is 6.79 Å². The SMILES string of the molecule is O=[N+]([O-])c1ccc(OS(=O)(=O)C(F)(F)F)c2cc3c(cc12)OCO3. The Morgan fingerprint density at radius 1 is 1.12 bits per heavy atom. The van der Waals surface area contributed by atoms with Crippen molar-refractivity contribution in [3.05, 3.63) is 34.4 Å². The van der Waals surface area contributed by atoms with Crippen LogP contribution in [-0.2, 0) is 10.1 Å². The molecule has 0 aromatic heterocycles. The summed E-state index contributed by atoms with van der Waals surface area (Å²) in [6, 6.07) is 3.90. The number of hydrogen-bond donors (Lipinski definition) is 0. The fourth-order valence-electron chi connectivity index (χ4n) is 2.09. The predicted molar refractivity (Wildman–Crippen MR) is 72.3 cm³/mol. The molecule has 0 fully saturated rings. The van der Waals surface area contributed by atoms with Crippen molar-refractivity contribution in [2.45, 2.75) is 5.51 Å². The standard InChI is InChI=1S/C12H6F3NO7S/c13-12(14,15)24(19,20)23-9-2-1-8(16(17)18)6-3-10-11(4-7(6)9)22-5-21-10/h1-4H,5H2. The zero-order chi connectivity index (χ0) is 17.7. The molecule has 0 N–H and O–H groups in total. The first-order chi connectivity index (χ1) is 11.1. The number of halogens is 3. The number of nitro benzene ring substituents is 1. The smallest absolute Gasteiger partial charge is 0.454 e. The maximum absolute atomic E-state index is 12.5. The Morgan fingerprint density at radius 3 is 2.25 bits per heavy atom. The van der Waals surface area contributed by atoms with Gasteiger partial charge in [-0.2, -0.15) is 21.6 Å². The lowest BCUT2D eigenvalue weighted by molar-refractivity contribution is -0.383. The number of nitrogens with zero attached hydrogens (tertiary/aromatic N) is 1. The molecule has 128 valence electrons. The van der Waals surface area contributed by atoms with Crippen LogP contribution in [-0.4, -0.2) is 25.6 Å². The van der Waals surface area contributed by atoms with Gasteiger partial charge in [0.2, 0.25) is 6.79 Å². The van der Waals surface area contributed by atoms with Crippen LogP contribution in [0.15, 0.2) is 24.3 Å². The Labute approximate surface area is 131 Å². The summed E-state index contributed by atoms with van der Waals surface area (Å²) in [5, 5.41) is 10.7. The molecular formula is C12H6F3NO7S. The van der Waals surface area contributed by atoms with E-state index in [1.54, 1.807) is 0 Å². The highest BCUT2D eigenvalue weighted by Crippen LogP contribution is 2.43. The molecule has 0 spiro atoms. The lowest BCUT2D eigenvalue weighted by Crippen LogP contribution is -2.28. The van der Waals surface area contributed by atoms with Crippen molar-refractivity contribution in [3.63, 3.8) is 0 Å². The van der Waals surface area contributed by atoms with Crippen molar-refractivity contribution < 1.29 is 40.2 Å². The molecular weight excluding hydrogens is 359 g/mol. The van der Waals surface area contributed by atoms with Crippen molar-refractivity contribution >= 4 is 26.6 Å². The van der Waals surface area contributed by atoms with E-state index >= 15 is 0 Å². The summed E-state index contributed by atoms with van der Waals surface area (Å²) in [5.74, 6) is -0.482. The van der Waals surface area contributed by atoms with Crippen LogP contribution in [0.2, 0.25) is 0 Å². The molecule has 0 amide bonds. The van der Waals surface area contributed by atoms with Gasteiger partial charge in [0.05, 0.1) is 10.3 Å². The number of non-ortho nitro benzene ring substituents is 1. The summed E-state index contributed by atoms with van der Waals surface area (Å²) in [5.41, 5.74) is -6.10. The largest absolute Gasteiger partial charge is 0.534 e. The van der Waals surface area contributed by atoms with Gasteiger partial charge in [-0.15, -0.1) is 0 Å². The van der Waals surface area contributed by atoms with Gasteiger partial charge in [-0.3, -0.25) is 10.1 Å². The van der Waals surface area contributed by atoms with Gasteiger partial charge in [-0.25, -0.2) is 0 Å². The fourth-order valence-corrected chi connectivity index (χ4v) is 2.57. The van der Waals surface area contributed by atoms with E-state index < -0.39 is 32.0 Å². The van der Waals surface area contributed by atoms with E-state index in [0.717, 1.165) is 18.2 Å². The van der Waals surface area contributed by atoms with Crippen molar-refractivity contribution in [1.82, 2.24) is 0 Å². The number of fused-ring (bicyclic) bond motifs is 2. The van der Waals surface area contributed by atoms with Crippen molar-refractivity contribution in [1.29, 1.82) is 0 Å². The Morgan fingerprint density at radius 2 is 1.71 bits per heavy atom. The first-order valence-corrected chi connectivity index (χ1v) is 7.52. The third kappa shape index (κ3) is 2.54. The molecule has 0 bridgehead atoms. The van der Waals surface area contributed by atoms with Gasteiger partial charge >= 0.3 is 15.6 Å². The van der Waals surface area contributed by atoms with Crippen LogP contribution in [0.3, 0.4) is 0 Å². The van der Waals surface area contributed by atoms with Crippen LogP contribution in [0.25, 0.3) is 10.8 Å². The normalized spacial score (nSPS) is 14.0. The van der Waals surface area contributed by atoms with Gasteiger partial charge in [-0.1, -0.05) is 0 Å². The lowest BCUT2D eigenvalue weighted by atomic mass is 10.1. The second-order valence-corrected chi connectivity index (χ2v) is 6.11. The van der Waals surface area contributed by atoms with Crippen molar-refractivity contribution in [2.24, 2.45) is 0 Å². The van der Waals surface area contributed by atoms with Gasteiger partial charge in [0.15, 0.2) is 17.2 Å². The van der Waals surface area contributed by atoms with E-state index in [9.17, 15) is 31.7 Å². The van der Waals surface area contributed by atoms with Crippen LogP contribution < -0.4 is 13.7 Å². The molecule has 0 saturated heterocycles. The fraction of sp³-hybridized carbons (Fsp3) is 0.167. The molecule has 8 nitrogen and oxygen atoms in total. The van der Waals surface area contributed by atoms with Crippen molar-refractivity contribution in [3.8, 4) is 17.2 Å². The Balaban J connectivity index is 2.23. The third-order valence-electron chi connectivity index (χ3n) is 3.13. The molecule has 24 heavy (non-hydrogen) atoms. The predicted octanol–water partition coefficient (Wildman–Crippen LogP) is 2.71. The number of alkyl halides is 3.